The van der Waals surface area contributed by atoms with Crippen LogP contribution in [0.1, 0.15) is 41.9 Å². The number of thiazole rings is 1. The number of nitrogens with one attached hydrogen (secondary N) is 2. The highest BCUT2D eigenvalue weighted by Gasteiger charge is 2.11. The van der Waals surface area contributed by atoms with Crippen LogP contribution in [0.15, 0.2) is 42.7 Å². The van der Waals surface area contributed by atoms with Crippen molar-refractivity contribution in [3.05, 3.63) is 80.0 Å². The molecule has 8 heteroatoms. The van der Waals surface area contributed by atoms with Gasteiger partial charge in [0.2, 0.25) is 0 Å². The number of nitrogens with zero attached hydrogens (tertiary/aromatic N) is 2. The number of aromatic nitrogens is 2. The molecule has 0 spiro atoms. The van der Waals surface area contributed by atoms with Gasteiger partial charge in [-0.3, -0.25) is 14.6 Å². The van der Waals surface area contributed by atoms with E-state index in [1.807, 2.05) is 6.92 Å². The van der Waals surface area contributed by atoms with Crippen LogP contribution in [0.5, 0.6) is 0 Å². The average molecular weight is 415 g/mol. The summed E-state index contributed by atoms with van der Waals surface area (Å²) in [7, 11) is 0. The van der Waals surface area contributed by atoms with E-state index in [4.69, 9.17) is 11.6 Å². The van der Waals surface area contributed by atoms with Gasteiger partial charge in [-0.1, -0.05) is 23.7 Å². The molecule has 1 aromatic carbocycles. The fourth-order valence-electron chi connectivity index (χ4n) is 2.54. The van der Waals surface area contributed by atoms with Crippen LogP contribution in [-0.2, 0) is 13.1 Å². The number of rotatable bonds is 6. The number of hydrogen-bond donors (Lipinski definition) is 2. The Balaban J connectivity index is 1.54. The number of hydrogen-bond acceptors (Lipinski definition) is 5. The minimum absolute atomic E-state index is 0.207. The summed E-state index contributed by atoms with van der Waals surface area (Å²) in [5.74, 6) is -0.460. The second kappa shape index (κ2) is 8.95. The third kappa shape index (κ3) is 4.94. The number of halogens is 1. The van der Waals surface area contributed by atoms with Gasteiger partial charge in [0.05, 0.1) is 11.6 Å². The molecule has 2 aromatic heterocycles. The highest BCUT2D eigenvalue weighted by molar-refractivity contribution is 7.11. The average Bonchev–Trinajstić information content (AvgIpc) is 3.12. The van der Waals surface area contributed by atoms with Gasteiger partial charge in [-0.2, -0.15) is 0 Å². The number of carbonyl (C=O) groups is 2. The summed E-state index contributed by atoms with van der Waals surface area (Å²) in [6.45, 7) is 4.45. The number of pyridine rings is 1. The summed E-state index contributed by atoms with van der Waals surface area (Å²) >= 11 is 7.60. The Kier molecular flexibility index (Phi) is 6.38. The second-order valence-electron chi connectivity index (χ2n) is 6.18. The summed E-state index contributed by atoms with van der Waals surface area (Å²) in [5.41, 5.74) is 2.39. The van der Waals surface area contributed by atoms with Gasteiger partial charge in [-0.05, 0) is 43.2 Å². The lowest BCUT2D eigenvalue weighted by Gasteiger charge is -2.09. The molecular formula is C20H19ClN4O2S. The fraction of sp³-hybridized carbons (Fsp3) is 0.200. The van der Waals surface area contributed by atoms with Gasteiger partial charge in [0.1, 0.15) is 5.69 Å². The lowest BCUT2D eigenvalue weighted by Crippen LogP contribution is -2.25. The summed E-state index contributed by atoms with van der Waals surface area (Å²) in [4.78, 5) is 33.8. The molecule has 0 saturated carbocycles. The van der Waals surface area contributed by atoms with Crippen LogP contribution in [-0.4, -0.2) is 21.8 Å². The SMILES string of the molecule is Cc1ncc(CNC(=O)c2ccc(CNC(=O)c3cccc(Cl)c3C)cn2)s1. The van der Waals surface area contributed by atoms with E-state index >= 15 is 0 Å². The molecule has 3 rings (SSSR count). The third-order valence-corrected chi connectivity index (χ3v) is 5.44. The zero-order chi connectivity index (χ0) is 20.1. The Bertz CT molecular complexity index is 1000. The van der Waals surface area contributed by atoms with Crippen molar-refractivity contribution in [3.63, 3.8) is 0 Å². The molecule has 2 heterocycles. The van der Waals surface area contributed by atoms with E-state index in [1.165, 1.54) is 0 Å². The Morgan fingerprint density at radius 3 is 2.46 bits per heavy atom. The Labute approximate surface area is 172 Å². The summed E-state index contributed by atoms with van der Waals surface area (Å²) in [5, 5.41) is 7.17. The molecule has 0 fully saturated rings. The van der Waals surface area contributed by atoms with E-state index < -0.39 is 0 Å². The normalized spacial score (nSPS) is 10.5. The van der Waals surface area contributed by atoms with E-state index in [0.717, 1.165) is 21.0 Å². The molecule has 0 saturated heterocycles. The van der Waals surface area contributed by atoms with Crippen molar-refractivity contribution in [2.75, 3.05) is 0 Å². The van der Waals surface area contributed by atoms with Gasteiger partial charge in [0.15, 0.2) is 0 Å². The largest absolute Gasteiger partial charge is 0.348 e. The number of aryl methyl sites for hydroxylation is 1. The van der Waals surface area contributed by atoms with Gasteiger partial charge in [0, 0.05) is 34.4 Å². The van der Waals surface area contributed by atoms with Crippen LogP contribution in [0.2, 0.25) is 5.02 Å². The maximum absolute atomic E-state index is 12.3. The van der Waals surface area contributed by atoms with Crippen molar-refractivity contribution in [1.82, 2.24) is 20.6 Å². The second-order valence-corrected chi connectivity index (χ2v) is 7.90. The quantitative estimate of drug-likeness (QED) is 0.644. The highest BCUT2D eigenvalue weighted by Crippen LogP contribution is 2.18. The smallest absolute Gasteiger partial charge is 0.270 e. The van der Waals surface area contributed by atoms with E-state index in [1.54, 1.807) is 61.0 Å². The summed E-state index contributed by atoms with van der Waals surface area (Å²) in [6, 6.07) is 8.63. The zero-order valence-corrected chi connectivity index (χ0v) is 17.0. The minimum Gasteiger partial charge on any atom is -0.348 e. The first-order valence-corrected chi connectivity index (χ1v) is 9.81. The predicted octanol–water partition coefficient (Wildman–Crippen LogP) is 3.67. The monoisotopic (exact) mass is 414 g/mol. The Morgan fingerprint density at radius 1 is 1.00 bits per heavy atom. The van der Waals surface area contributed by atoms with Gasteiger partial charge < -0.3 is 10.6 Å². The molecular weight excluding hydrogens is 396 g/mol. The molecule has 0 aliphatic heterocycles. The highest BCUT2D eigenvalue weighted by atomic mass is 35.5. The van der Waals surface area contributed by atoms with E-state index in [2.05, 4.69) is 20.6 Å². The van der Waals surface area contributed by atoms with Crippen molar-refractivity contribution in [1.29, 1.82) is 0 Å². The first-order valence-electron chi connectivity index (χ1n) is 8.62. The van der Waals surface area contributed by atoms with Crippen molar-refractivity contribution in [2.24, 2.45) is 0 Å². The van der Waals surface area contributed by atoms with E-state index in [9.17, 15) is 9.59 Å². The molecule has 144 valence electrons. The Morgan fingerprint density at radius 2 is 1.79 bits per heavy atom. The molecule has 0 aliphatic carbocycles. The molecule has 2 N–H and O–H groups in total. The van der Waals surface area contributed by atoms with Crippen LogP contribution < -0.4 is 10.6 Å². The topological polar surface area (TPSA) is 84.0 Å². The standard InChI is InChI=1S/C20H19ClN4O2S/c1-12-16(4-3-5-17(12)21)19(26)24-9-14-6-7-18(23-8-14)20(27)25-11-15-10-22-13(2)28-15/h3-8,10H,9,11H2,1-2H3,(H,24,26)(H,25,27). The number of amides is 2. The first kappa shape index (κ1) is 20.0. The minimum atomic E-state index is -0.254. The van der Waals surface area contributed by atoms with Gasteiger partial charge in [0.25, 0.3) is 11.8 Å². The van der Waals surface area contributed by atoms with Gasteiger partial charge in [-0.25, -0.2) is 4.98 Å². The molecule has 28 heavy (non-hydrogen) atoms. The van der Waals surface area contributed by atoms with E-state index in [0.29, 0.717) is 29.4 Å². The lowest BCUT2D eigenvalue weighted by atomic mass is 10.1. The van der Waals surface area contributed by atoms with Crippen molar-refractivity contribution in [3.8, 4) is 0 Å². The summed E-state index contributed by atoms with van der Waals surface area (Å²) < 4.78 is 0. The zero-order valence-electron chi connectivity index (χ0n) is 15.5. The van der Waals surface area contributed by atoms with Crippen LogP contribution >= 0.6 is 22.9 Å². The molecule has 0 bridgehead atoms. The maximum Gasteiger partial charge on any atom is 0.270 e. The fourth-order valence-corrected chi connectivity index (χ4v) is 3.45. The molecule has 6 nitrogen and oxygen atoms in total. The van der Waals surface area contributed by atoms with Gasteiger partial charge >= 0.3 is 0 Å². The lowest BCUT2D eigenvalue weighted by molar-refractivity contribution is 0.0938. The molecule has 0 atom stereocenters. The van der Waals surface area contributed by atoms with Crippen LogP contribution in [0.4, 0.5) is 0 Å². The number of benzene rings is 1. The van der Waals surface area contributed by atoms with Crippen molar-refractivity contribution < 1.29 is 9.59 Å². The molecule has 0 unspecified atom stereocenters. The van der Waals surface area contributed by atoms with Crippen LogP contribution in [0.25, 0.3) is 0 Å². The van der Waals surface area contributed by atoms with Crippen molar-refractivity contribution in [2.45, 2.75) is 26.9 Å². The molecule has 3 aromatic rings. The predicted molar refractivity (Wildman–Crippen MR) is 110 cm³/mol. The van der Waals surface area contributed by atoms with Crippen molar-refractivity contribution >= 4 is 34.8 Å². The maximum atomic E-state index is 12.3. The van der Waals surface area contributed by atoms with Crippen LogP contribution in [0.3, 0.4) is 0 Å². The molecule has 0 aliphatic rings. The number of carbonyl (C=O) groups excluding carboxylic acids is 2. The molecule has 0 radical (unpaired) electrons. The Hall–Kier alpha value is -2.77. The van der Waals surface area contributed by atoms with Gasteiger partial charge in [-0.15, -0.1) is 11.3 Å². The summed E-state index contributed by atoms with van der Waals surface area (Å²) in [6.07, 6.45) is 3.33. The third-order valence-electron chi connectivity index (χ3n) is 4.12. The first-order chi connectivity index (χ1) is 13.4. The van der Waals surface area contributed by atoms with Crippen LogP contribution in [0, 0.1) is 13.8 Å². The van der Waals surface area contributed by atoms with E-state index in [-0.39, 0.29) is 11.8 Å². The molecule has 2 amide bonds.